The van der Waals surface area contributed by atoms with Crippen molar-refractivity contribution in [2.45, 2.75) is 96.9 Å². The van der Waals surface area contributed by atoms with Gasteiger partial charge in [-0.1, -0.05) is 39.0 Å². The summed E-state index contributed by atoms with van der Waals surface area (Å²) < 4.78 is 40.2. The number of methoxy groups -OCH3 is 1. The van der Waals surface area contributed by atoms with E-state index in [4.69, 9.17) is 33.2 Å². The van der Waals surface area contributed by atoms with E-state index in [1.54, 1.807) is 0 Å². The van der Waals surface area contributed by atoms with Gasteiger partial charge >= 0.3 is 23.9 Å². The first-order chi connectivity index (χ1) is 22.3. The van der Waals surface area contributed by atoms with Gasteiger partial charge in [0.1, 0.15) is 0 Å². The Morgan fingerprint density at radius 3 is 2.09 bits per heavy atom. The first kappa shape index (κ1) is 36.7. The van der Waals surface area contributed by atoms with Crippen molar-refractivity contribution in [1.82, 2.24) is 4.57 Å². The van der Waals surface area contributed by atoms with Crippen LogP contribution in [0.5, 0.6) is 11.5 Å². The molecule has 5 atom stereocenters. The molecule has 1 aliphatic heterocycles. The van der Waals surface area contributed by atoms with Crippen molar-refractivity contribution in [2.24, 2.45) is 7.05 Å². The number of nitro benzene ring substituents is 1. The number of esters is 4. The zero-order valence-corrected chi connectivity index (χ0v) is 27.2. The summed E-state index contributed by atoms with van der Waals surface area (Å²) in [6.45, 7) is 5.36. The van der Waals surface area contributed by atoms with Gasteiger partial charge in [-0.2, -0.15) is 0 Å². The molecule has 1 saturated heterocycles. The number of carbonyl (C=O) groups is 4. The first-order valence-electron chi connectivity index (χ1n) is 15.2. The van der Waals surface area contributed by atoms with Crippen LogP contribution in [0.4, 0.5) is 5.69 Å². The van der Waals surface area contributed by atoms with E-state index in [1.165, 1.54) is 25.2 Å². The van der Waals surface area contributed by atoms with Gasteiger partial charge in [0.05, 0.1) is 24.2 Å². The van der Waals surface area contributed by atoms with Crippen LogP contribution in [-0.2, 0) is 49.9 Å². The van der Waals surface area contributed by atoms with Gasteiger partial charge in [0.15, 0.2) is 24.1 Å². The average molecular weight is 665 g/mol. The van der Waals surface area contributed by atoms with Crippen molar-refractivity contribution < 1.29 is 57.3 Å². The SMILES string of the molecule is CCCCCCCCOc1c(O[C@@H]2O[C@H](C(=O)OC)[C@@H](OC(C)=O)[C@H](OC(C)=O)[C@H]2OC(C)=O)c2ccc([N+](=O)[O-])cc2n(C)c1=O. The number of carbonyl (C=O) groups excluding carboxylic acids is 4. The minimum Gasteiger partial charge on any atom is -0.485 e. The van der Waals surface area contributed by atoms with Crippen LogP contribution in [0.2, 0.25) is 0 Å². The van der Waals surface area contributed by atoms with Crippen molar-refractivity contribution in [3.05, 3.63) is 38.7 Å². The molecule has 0 saturated carbocycles. The molecule has 1 aromatic carbocycles. The van der Waals surface area contributed by atoms with E-state index in [2.05, 4.69) is 6.92 Å². The number of nitro groups is 1. The summed E-state index contributed by atoms with van der Waals surface area (Å²) >= 11 is 0. The molecule has 0 spiro atoms. The monoisotopic (exact) mass is 664 g/mol. The first-order valence-corrected chi connectivity index (χ1v) is 15.2. The zero-order valence-electron chi connectivity index (χ0n) is 27.2. The number of aromatic nitrogens is 1. The third-order valence-electron chi connectivity index (χ3n) is 7.32. The molecule has 1 fully saturated rings. The van der Waals surface area contributed by atoms with Gasteiger partial charge in [0.2, 0.25) is 18.1 Å². The highest BCUT2D eigenvalue weighted by Crippen LogP contribution is 2.38. The average Bonchev–Trinajstić information content (AvgIpc) is 3.01. The summed E-state index contributed by atoms with van der Waals surface area (Å²) in [5.41, 5.74) is -0.932. The maximum Gasteiger partial charge on any atom is 0.339 e. The van der Waals surface area contributed by atoms with Gasteiger partial charge in [-0.25, -0.2) is 4.79 Å². The highest BCUT2D eigenvalue weighted by atomic mass is 16.7. The Hall–Kier alpha value is -4.73. The molecule has 0 radical (unpaired) electrons. The Morgan fingerprint density at radius 1 is 0.894 bits per heavy atom. The van der Waals surface area contributed by atoms with Crippen LogP contribution in [0.3, 0.4) is 0 Å². The Labute approximate surface area is 270 Å². The van der Waals surface area contributed by atoms with Crippen LogP contribution in [-0.4, -0.2) is 77.8 Å². The van der Waals surface area contributed by atoms with Crippen LogP contribution in [0.15, 0.2) is 23.0 Å². The van der Waals surface area contributed by atoms with Crippen molar-refractivity contribution in [1.29, 1.82) is 0 Å². The standard InChI is InChI=1S/C31H40N2O14/c1-7-8-9-10-11-12-15-42-26-23(21-14-13-20(33(39)40)16-22(21)32(5)29(26)37)46-31-28(45-19(4)36)25(44-18(3)35)24(43-17(2)34)27(47-31)30(38)41-6/h13-14,16,24-25,27-28,31H,7-12,15H2,1-6H3/t24-,25-,27-,28+,31+/m0/s1. The number of hydrogen-bond acceptors (Lipinski definition) is 14. The number of ether oxygens (including phenoxy) is 7. The Bertz CT molecular complexity index is 1540. The Morgan fingerprint density at radius 2 is 1.49 bits per heavy atom. The third-order valence-corrected chi connectivity index (χ3v) is 7.32. The smallest absolute Gasteiger partial charge is 0.339 e. The number of pyridine rings is 1. The lowest BCUT2D eigenvalue weighted by molar-refractivity contribution is -0.384. The molecular formula is C31H40N2O14. The number of non-ortho nitro benzene ring substituents is 1. The normalized spacial score (nSPS) is 20.6. The Kier molecular flexibility index (Phi) is 13.1. The van der Waals surface area contributed by atoms with Gasteiger partial charge in [0.25, 0.3) is 11.2 Å². The molecule has 16 heteroatoms. The molecule has 0 bridgehead atoms. The zero-order chi connectivity index (χ0) is 34.8. The fraction of sp³-hybridized carbons (Fsp3) is 0.581. The second-order valence-electron chi connectivity index (χ2n) is 10.9. The Balaban J connectivity index is 2.18. The number of hydrogen-bond donors (Lipinski definition) is 0. The topological polar surface area (TPSA) is 198 Å². The highest BCUT2D eigenvalue weighted by Gasteiger charge is 2.56. The van der Waals surface area contributed by atoms with Crippen LogP contribution in [0.25, 0.3) is 10.9 Å². The number of benzene rings is 1. The molecule has 2 heterocycles. The van der Waals surface area contributed by atoms with Crippen LogP contribution >= 0.6 is 0 Å². The van der Waals surface area contributed by atoms with Gasteiger partial charge in [-0.05, 0) is 12.5 Å². The lowest BCUT2D eigenvalue weighted by atomic mass is 9.97. The van der Waals surface area contributed by atoms with Crippen LogP contribution in [0, 0.1) is 10.1 Å². The molecule has 16 nitrogen and oxygen atoms in total. The summed E-state index contributed by atoms with van der Waals surface area (Å²) in [7, 11) is 2.45. The fourth-order valence-corrected chi connectivity index (χ4v) is 5.18. The van der Waals surface area contributed by atoms with E-state index in [1.807, 2.05) is 0 Å². The van der Waals surface area contributed by atoms with Gasteiger partial charge < -0.3 is 37.7 Å². The molecule has 1 aromatic heterocycles. The van der Waals surface area contributed by atoms with Crippen molar-refractivity contribution in [2.75, 3.05) is 13.7 Å². The largest absolute Gasteiger partial charge is 0.485 e. The van der Waals surface area contributed by atoms with E-state index in [-0.39, 0.29) is 34.7 Å². The molecule has 1 aliphatic rings. The molecule has 0 aliphatic carbocycles. The lowest BCUT2D eigenvalue weighted by Crippen LogP contribution is -2.64. The van der Waals surface area contributed by atoms with Gasteiger partial charge in [-0.15, -0.1) is 0 Å². The number of aryl methyl sites for hydroxylation is 1. The molecular weight excluding hydrogens is 624 g/mol. The van der Waals surface area contributed by atoms with Gasteiger partial charge in [-0.3, -0.25) is 29.3 Å². The number of rotatable bonds is 15. The lowest BCUT2D eigenvalue weighted by Gasteiger charge is -2.43. The second-order valence-corrected chi connectivity index (χ2v) is 10.9. The van der Waals surface area contributed by atoms with E-state index in [9.17, 15) is 34.1 Å². The minimum atomic E-state index is -1.79. The molecule has 47 heavy (non-hydrogen) atoms. The summed E-state index contributed by atoms with van der Waals surface area (Å²) in [6.07, 6.45) is -2.86. The quantitative estimate of drug-likeness (QED) is 0.0883. The predicted octanol–water partition coefficient (Wildman–Crippen LogP) is 3.26. The number of nitrogens with zero attached hydrogens (tertiary/aromatic N) is 2. The molecule has 3 rings (SSSR count). The van der Waals surface area contributed by atoms with E-state index >= 15 is 0 Å². The highest BCUT2D eigenvalue weighted by molar-refractivity contribution is 5.89. The number of unbranched alkanes of at least 4 members (excludes halogenated alkanes) is 5. The molecule has 0 N–H and O–H groups in total. The fourth-order valence-electron chi connectivity index (χ4n) is 5.18. The summed E-state index contributed by atoms with van der Waals surface area (Å²) in [6, 6.07) is 3.70. The van der Waals surface area contributed by atoms with E-state index in [0.29, 0.717) is 6.42 Å². The maximum absolute atomic E-state index is 13.7. The van der Waals surface area contributed by atoms with Crippen molar-refractivity contribution in [3.8, 4) is 11.5 Å². The maximum atomic E-state index is 13.7. The predicted molar refractivity (Wildman–Crippen MR) is 163 cm³/mol. The minimum absolute atomic E-state index is 0.0878. The summed E-state index contributed by atoms with van der Waals surface area (Å²) in [5, 5.41) is 11.7. The van der Waals surface area contributed by atoms with Gasteiger partial charge in [0, 0.05) is 45.3 Å². The van der Waals surface area contributed by atoms with Crippen LogP contribution in [0.1, 0.15) is 66.2 Å². The molecule has 258 valence electrons. The third kappa shape index (κ3) is 9.18. The molecule has 2 aromatic rings. The van der Waals surface area contributed by atoms with E-state index < -0.39 is 65.1 Å². The molecule has 0 amide bonds. The summed E-state index contributed by atoms with van der Waals surface area (Å²) in [5.74, 6) is -4.23. The summed E-state index contributed by atoms with van der Waals surface area (Å²) in [4.78, 5) is 74.0. The van der Waals surface area contributed by atoms with Crippen molar-refractivity contribution in [3.63, 3.8) is 0 Å². The van der Waals surface area contributed by atoms with E-state index in [0.717, 1.165) is 64.6 Å². The number of fused-ring (bicyclic) bond motifs is 1. The van der Waals surface area contributed by atoms with Crippen molar-refractivity contribution >= 4 is 40.5 Å². The van der Waals surface area contributed by atoms with Crippen LogP contribution < -0.4 is 15.0 Å². The molecule has 0 unspecified atom stereocenters. The second kappa shape index (κ2) is 16.7.